The molecule has 2 heterocycles. The first kappa shape index (κ1) is 59.9. The van der Waals surface area contributed by atoms with Gasteiger partial charge in [-0.15, -0.1) is 0 Å². The molecular formula is C27H56O33P4. The molecule has 2 fully saturated rings. The first-order chi connectivity index (χ1) is 29.6. The number of aliphatic hydroxyl groups excluding tert-OH is 13. The molecule has 0 radical (unpaired) electrons. The van der Waals surface area contributed by atoms with Crippen molar-refractivity contribution in [3.63, 3.8) is 0 Å². The van der Waals surface area contributed by atoms with Crippen molar-refractivity contribution in [3.05, 3.63) is 0 Å². The number of aliphatic hydroxyl groups is 13. The predicted octanol–water partition coefficient (Wildman–Crippen LogP) is -8.04. The van der Waals surface area contributed by atoms with E-state index in [2.05, 4.69) is 27.1 Å². The van der Waals surface area contributed by atoms with E-state index in [-0.39, 0.29) is 0 Å². The molecule has 64 heavy (non-hydrogen) atoms. The van der Waals surface area contributed by atoms with Crippen LogP contribution in [0.25, 0.3) is 0 Å². The highest BCUT2D eigenvalue weighted by atomic mass is 31.2. The summed E-state index contributed by atoms with van der Waals surface area (Å²) in [5, 5.41) is 128. The van der Waals surface area contributed by atoms with E-state index in [0.29, 0.717) is 0 Å². The second kappa shape index (κ2) is 27.8. The maximum absolute atomic E-state index is 12.5. The Kier molecular flexibility index (Phi) is 26.0. The van der Waals surface area contributed by atoms with E-state index in [1.165, 1.54) is 0 Å². The van der Waals surface area contributed by atoms with Crippen LogP contribution in [-0.2, 0) is 73.4 Å². The summed E-state index contributed by atoms with van der Waals surface area (Å²) in [6, 6.07) is 0. The molecule has 37 heteroatoms. The quantitative estimate of drug-likeness (QED) is 0.0278. The summed E-state index contributed by atoms with van der Waals surface area (Å²) in [5.74, 6) is 0. The largest absolute Gasteiger partial charge is 0.472 e. The molecule has 0 bridgehead atoms. The Morgan fingerprint density at radius 3 is 1.09 bits per heavy atom. The minimum Gasteiger partial charge on any atom is -0.394 e. The van der Waals surface area contributed by atoms with E-state index in [1.54, 1.807) is 0 Å². The minimum atomic E-state index is -5.26. The molecule has 0 spiro atoms. The van der Waals surface area contributed by atoms with Gasteiger partial charge in [0.1, 0.15) is 79.4 Å². The van der Waals surface area contributed by atoms with E-state index in [9.17, 15) is 88.9 Å². The SMILES string of the molecule is O=P(O)(OCC(O)CO)OCC(O)COP(=O)(O)OCC(O)COP(=O)(O)OC[C@H]1O[C@H](O[C@H]2[C@@H](OCC(O)CO)O[C@H](COP(=O)(O)OCC(O)CO)[C@@H](O)[C@@H]2O)[C@H](O)[C@@H](O)[C@@H]1O. The molecule has 33 nitrogen and oxygen atoms in total. The van der Waals surface area contributed by atoms with Crippen LogP contribution in [0, 0.1) is 0 Å². The molecule has 382 valence electrons. The minimum absolute atomic E-state index is 0.750. The fraction of sp³-hybridized carbons (Fsp3) is 1.00. The standard InChI is InChI=1S/C27H56O33P4/c28-1-13(31)4-49-27-25(23(39)21(37)19(59-27)12-57-63(45,46)51-6-15(33)3-30)60-26-24(40)22(38)20(36)18(58-26)11-56-64(47,48)55-10-17(35)9-54-62(43,44)53-8-16(34)7-52-61(41,42)50-5-14(32)2-29/h13-40H,1-12H2,(H,41,42)(H,43,44)(H,45,46)(H,47,48)/t13?,14?,15?,16?,17?,18-,19-,20-,21-,22+,23+,24-,25-,26-,27+/m1/s1. The van der Waals surface area contributed by atoms with Crippen LogP contribution in [0.3, 0.4) is 0 Å². The highest BCUT2D eigenvalue weighted by Crippen LogP contribution is 2.47. The van der Waals surface area contributed by atoms with Crippen LogP contribution in [0.4, 0.5) is 0 Å². The Morgan fingerprint density at radius 2 is 0.719 bits per heavy atom. The van der Waals surface area contributed by atoms with Gasteiger partial charge >= 0.3 is 31.3 Å². The van der Waals surface area contributed by atoms with Gasteiger partial charge in [0.2, 0.25) is 0 Å². The Balaban J connectivity index is 1.96. The zero-order valence-electron chi connectivity index (χ0n) is 33.1. The Bertz CT molecular complexity index is 1530. The second-order valence-corrected chi connectivity index (χ2v) is 19.3. The normalized spacial score (nSPS) is 32.9. The third-order valence-electron chi connectivity index (χ3n) is 8.07. The van der Waals surface area contributed by atoms with E-state index < -0.39 is 203 Å². The van der Waals surface area contributed by atoms with Crippen molar-refractivity contribution in [2.24, 2.45) is 0 Å². The first-order valence-corrected chi connectivity index (χ1v) is 24.3. The zero-order chi connectivity index (χ0) is 48.6. The summed E-state index contributed by atoms with van der Waals surface area (Å²) < 4.78 is 106. The van der Waals surface area contributed by atoms with Crippen LogP contribution >= 0.6 is 31.3 Å². The lowest BCUT2D eigenvalue weighted by Gasteiger charge is -2.46. The molecule has 2 aliphatic rings. The average Bonchev–Trinajstić information content (AvgIpc) is 3.24. The third kappa shape index (κ3) is 21.6. The van der Waals surface area contributed by atoms with E-state index in [0.717, 1.165) is 0 Å². The van der Waals surface area contributed by atoms with Crippen LogP contribution < -0.4 is 0 Å². The number of ether oxygens (including phenoxy) is 4. The van der Waals surface area contributed by atoms with Crippen molar-refractivity contribution in [2.75, 3.05) is 79.3 Å². The second-order valence-electron chi connectivity index (χ2n) is 13.5. The maximum Gasteiger partial charge on any atom is 0.472 e. The van der Waals surface area contributed by atoms with Crippen LogP contribution in [-0.4, -0.2) is 257 Å². The Labute approximate surface area is 361 Å². The van der Waals surface area contributed by atoms with Crippen LogP contribution in [0.5, 0.6) is 0 Å². The molecule has 0 aromatic carbocycles. The van der Waals surface area contributed by atoms with Gasteiger partial charge in [0.05, 0.1) is 79.3 Å². The number of rotatable bonds is 32. The van der Waals surface area contributed by atoms with Gasteiger partial charge in [-0.25, -0.2) is 18.3 Å². The number of phosphoric ester groups is 4. The summed E-state index contributed by atoms with van der Waals surface area (Å²) in [6.07, 6.45) is -28.9. The fourth-order valence-electron chi connectivity index (χ4n) is 4.67. The molecule has 2 rings (SSSR count). The van der Waals surface area contributed by atoms with Crippen LogP contribution in [0.1, 0.15) is 0 Å². The van der Waals surface area contributed by atoms with E-state index >= 15 is 0 Å². The maximum atomic E-state index is 12.5. The predicted molar refractivity (Wildman–Crippen MR) is 196 cm³/mol. The number of phosphoric acid groups is 4. The molecule has 9 unspecified atom stereocenters. The topological polar surface area (TPSA) is 523 Å². The summed E-state index contributed by atoms with van der Waals surface area (Å²) >= 11 is 0. The number of hydrogen-bond donors (Lipinski definition) is 17. The van der Waals surface area contributed by atoms with E-state index in [4.69, 9.17) is 43.3 Å². The summed E-state index contributed by atoms with van der Waals surface area (Å²) in [6.45, 7) is -11.5. The summed E-state index contributed by atoms with van der Waals surface area (Å²) in [4.78, 5) is 39.2. The molecule has 17 N–H and O–H groups in total. The number of hydrogen-bond acceptors (Lipinski definition) is 29. The molecule has 19 atom stereocenters. The van der Waals surface area contributed by atoms with Gasteiger partial charge in [0.15, 0.2) is 12.6 Å². The van der Waals surface area contributed by atoms with Crippen molar-refractivity contribution in [1.82, 2.24) is 0 Å². The van der Waals surface area contributed by atoms with E-state index in [1.807, 2.05) is 0 Å². The van der Waals surface area contributed by atoms with Crippen LogP contribution in [0.15, 0.2) is 0 Å². The Hall–Kier alpha value is -0.240. The van der Waals surface area contributed by atoms with Gasteiger partial charge in [-0.2, -0.15) is 0 Å². The van der Waals surface area contributed by atoms with Gasteiger partial charge in [0, 0.05) is 0 Å². The van der Waals surface area contributed by atoms with Crippen molar-refractivity contribution in [1.29, 1.82) is 0 Å². The average molecular weight is 1030 g/mol. The zero-order valence-corrected chi connectivity index (χ0v) is 36.6. The summed E-state index contributed by atoms with van der Waals surface area (Å²) in [7, 11) is -20.2. The Morgan fingerprint density at radius 1 is 0.406 bits per heavy atom. The highest BCUT2D eigenvalue weighted by Gasteiger charge is 2.52. The van der Waals surface area contributed by atoms with Gasteiger partial charge in [0.25, 0.3) is 0 Å². The lowest BCUT2D eigenvalue weighted by molar-refractivity contribution is -0.368. The van der Waals surface area contributed by atoms with Crippen molar-refractivity contribution >= 4 is 31.3 Å². The molecular weight excluding hydrogens is 976 g/mol. The molecule has 0 saturated carbocycles. The lowest BCUT2D eigenvalue weighted by atomic mass is 9.97. The molecule has 0 amide bonds. The summed E-state index contributed by atoms with van der Waals surface area (Å²) in [5.41, 5.74) is 0. The van der Waals surface area contributed by atoms with Crippen molar-refractivity contribution in [3.8, 4) is 0 Å². The van der Waals surface area contributed by atoms with Crippen molar-refractivity contribution < 1.29 is 159 Å². The molecule has 2 aliphatic heterocycles. The van der Waals surface area contributed by atoms with Gasteiger partial charge in [-0.05, 0) is 0 Å². The highest BCUT2D eigenvalue weighted by molar-refractivity contribution is 7.48. The fourth-order valence-corrected chi connectivity index (χ4v) is 7.80. The smallest absolute Gasteiger partial charge is 0.394 e. The monoisotopic (exact) mass is 1030 g/mol. The molecule has 0 aromatic rings. The molecule has 2 saturated heterocycles. The van der Waals surface area contributed by atoms with Crippen molar-refractivity contribution in [2.45, 2.75) is 91.9 Å². The molecule has 0 aromatic heterocycles. The third-order valence-corrected chi connectivity index (χ3v) is 11.9. The first-order valence-electron chi connectivity index (χ1n) is 18.3. The van der Waals surface area contributed by atoms with Gasteiger partial charge < -0.3 is 105 Å². The van der Waals surface area contributed by atoms with Crippen LogP contribution in [0.2, 0.25) is 0 Å². The lowest BCUT2D eigenvalue weighted by Crippen LogP contribution is -2.64. The molecule has 0 aliphatic carbocycles. The van der Waals surface area contributed by atoms with Gasteiger partial charge in [-0.3, -0.25) is 36.2 Å². The van der Waals surface area contributed by atoms with Gasteiger partial charge in [-0.1, -0.05) is 0 Å².